The molecule has 0 unspecified atom stereocenters. The van der Waals surface area contributed by atoms with Gasteiger partial charge in [-0.15, -0.1) is 0 Å². The van der Waals surface area contributed by atoms with E-state index in [9.17, 15) is 9.59 Å². The van der Waals surface area contributed by atoms with Gasteiger partial charge in [-0.05, 0) is 48.0 Å². The van der Waals surface area contributed by atoms with E-state index in [-0.39, 0.29) is 25.4 Å². The maximum atomic E-state index is 12.3. The highest BCUT2D eigenvalue weighted by Crippen LogP contribution is 2.37. The van der Waals surface area contributed by atoms with Crippen LogP contribution in [0.4, 0.5) is 0 Å². The fraction of sp³-hybridized carbons (Fsp3) is 0.294. The summed E-state index contributed by atoms with van der Waals surface area (Å²) in [4.78, 5) is 24.1. The Hall–Kier alpha value is -1.79. The average Bonchev–Trinajstić information content (AvgIpc) is 2.68. The summed E-state index contributed by atoms with van der Waals surface area (Å²) < 4.78 is 16.4. The minimum atomic E-state index is -0.547. The standard InChI is InChI=1S/C17H16BrClO5/c1-3-22-15(20)7-11-9-24-16-10(5-12(19)8-14(16)18)6-13(11)17(21)23-4-2/h5-8H,3-4,9H2,1-2H3/b11-7+. The Kier molecular flexibility index (Phi) is 6.45. The summed E-state index contributed by atoms with van der Waals surface area (Å²) in [6.07, 6.45) is 2.84. The van der Waals surface area contributed by atoms with Gasteiger partial charge in [0, 0.05) is 22.2 Å². The zero-order valence-electron chi connectivity index (χ0n) is 13.2. The zero-order valence-corrected chi connectivity index (χ0v) is 15.6. The topological polar surface area (TPSA) is 61.8 Å². The number of benzene rings is 1. The molecule has 0 N–H and O–H groups in total. The van der Waals surface area contributed by atoms with Crippen molar-refractivity contribution < 1.29 is 23.8 Å². The average molecular weight is 416 g/mol. The lowest BCUT2D eigenvalue weighted by molar-refractivity contribution is -0.138. The summed E-state index contributed by atoms with van der Waals surface area (Å²) in [5.41, 5.74) is 1.23. The molecule has 0 atom stereocenters. The van der Waals surface area contributed by atoms with Crippen molar-refractivity contribution in [3.8, 4) is 5.75 Å². The second-order valence-electron chi connectivity index (χ2n) is 4.79. The minimum absolute atomic E-state index is 0.0245. The lowest BCUT2D eigenvalue weighted by Gasteiger charge is -2.10. The predicted octanol–water partition coefficient (Wildman–Crippen LogP) is 3.93. The van der Waals surface area contributed by atoms with Gasteiger partial charge in [-0.25, -0.2) is 9.59 Å². The Balaban J connectivity index is 2.52. The summed E-state index contributed by atoms with van der Waals surface area (Å²) in [5, 5.41) is 0.488. The van der Waals surface area contributed by atoms with Crippen molar-refractivity contribution in [1.29, 1.82) is 0 Å². The number of esters is 2. The molecule has 0 fully saturated rings. The number of hydrogen-bond donors (Lipinski definition) is 0. The molecule has 5 nitrogen and oxygen atoms in total. The van der Waals surface area contributed by atoms with E-state index in [0.717, 1.165) is 0 Å². The van der Waals surface area contributed by atoms with Crippen LogP contribution in [0.5, 0.6) is 5.75 Å². The quantitative estimate of drug-likeness (QED) is 0.551. The molecule has 0 saturated carbocycles. The highest BCUT2D eigenvalue weighted by molar-refractivity contribution is 9.10. The molecule has 0 bridgehead atoms. The molecular formula is C17H16BrClO5. The van der Waals surface area contributed by atoms with Gasteiger partial charge in [-0.1, -0.05) is 11.6 Å². The molecule has 1 aromatic rings. The van der Waals surface area contributed by atoms with Crippen LogP contribution in [0.1, 0.15) is 19.4 Å². The maximum Gasteiger partial charge on any atom is 0.338 e. The molecular weight excluding hydrogens is 400 g/mol. The smallest absolute Gasteiger partial charge is 0.338 e. The Morgan fingerprint density at radius 3 is 2.67 bits per heavy atom. The molecule has 7 heteroatoms. The fourth-order valence-electron chi connectivity index (χ4n) is 2.16. The number of fused-ring (bicyclic) bond motifs is 1. The first-order valence-corrected chi connectivity index (χ1v) is 8.51. The van der Waals surface area contributed by atoms with E-state index >= 15 is 0 Å². The van der Waals surface area contributed by atoms with Crippen LogP contribution >= 0.6 is 27.5 Å². The summed E-state index contributed by atoms with van der Waals surface area (Å²) in [7, 11) is 0. The van der Waals surface area contributed by atoms with Crippen LogP contribution in [-0.2, 0) is 19.1 Å². The molecule has 1 aliphatic rings. The molecule has 128 valence electrons. The molecule has 0 aliphatic carbocycles. The second kappa shape index (κ2) is 8.35. The van der Waals surface area contributed by atoms with Crippen molar-refractivity contribution in [3.05, 3.63) is 44.4 Å². The van der Waals surface area contributed by atoms with E-state index in [0.29, 0.717) is 26.4 Å². The molecule has 0 aromatic heterocycles. The monoisotopic (exact) mass is 414 g/mol. The van der Waals surface area contributed by atoms with Crippen molar-refractivity contribution in [3.63, 3.8) is 0 Å². The van der Waals surface area contributed by atoms with Gasteiger partial charge in [-0.2, -0.15) is 0 Å². The van der Waals surface area contributed by atoms with Gasteiger partial charge in [0.1, 0.15) is 12.4 Å². The largest absolute Gasteiger partial charge is 0.487 e. The van der Waals surface area contributed by atoms with Crippen LogP contribution in [-0.4, -0.2) is 31.8 Å². The number of ether oxygens (including phenoxy) is 3. The normalized spacial score (nSPS) is 15.0. The van der Waals surface area contributed by atoms with E-state index in [1.807, 2.05) is 0 Å². The predicted molar refractivity (Wildman–Crippen MR) is 94.0 cm³/mol. The van der Waals surface area contributed by atoms with Gasteiger partial charge < -0.3 is 14.2 Å². The van der Waals surface area contributed by atoms with Gasteiger partial charge in [0.05, 0.1) is 23.3 Å². The number of hydrogen-bond acceptors (Lipinski definition) is 5. The molecule has 0 saturated heterocycles. The van der Waals surface area contributed by atoms with Crippen molar-refractivity contribution in [2.24, 2.45) is 0 Å². The first kappa shape index (κ1) is 18.5. The number of carbonyl (C=O) groups excluding carboxylic acids is 2. The Morgan fingerprint density at radius 2 is 2.00 bits per heavy atom. The highest BCUT2D eigenvalue weighted by Gasteiger charge is 2.23. The Labute approximate surface area is 153 Å². The Bertz CT molecular complexity index is 724. The molecule has 24 heavy (non-hydrogen) atoms. The molecule has 2 rings (SSSR count). The van der Waals surface area contributed by atoms with Crippen molar-refractivity contribution in [2.75, 3.05) is 19.8 Å². The minimum Gasteiger partial charge on any atom is -0.487 e. The third-order valence-electron chi connectivity index (χ3n) is 3.13. The van der Waals surface area contributed by atoms with Crippen LogP contribution in [0.15, 0.2) is 33.8 Å². The second-order valence-corrected chi connectivity index (χ2v) is 6.09. The maximum absolute atomic E-state index is 12.3. The summed E-state index contributed by atoms with van der Waals surface area (Å²) >= 11 is 9.45. The van der Waals surface area contributed by atoms with E-state index < -0.39 is 11.9 Å². The van der Waals surface area contributed by atoms with E-state index in [4.69, 9.17) is 25.8 Å². The van der Waals surface area contributed by atoms with E-state index in [1.54, 1.807) is 32.1 Å². The number of halogens is 2. The number of carbonyl (C=O) groups is 2. The van der Waals surface area contributed by atoms with Crippen molar-refractivity contribution in [1.82, 2.24) is 0 Å². The summed E-state index contributed by atoms with van der Waals surface area (Å²) in [6, 6.07) is 3.37. The van der Waals surface area contributed by atoms with Crippen LogP contribution in [0.3, 0.4) is 0 Å². The van der Waals surface area contributed by atoms with Crippen molar-refractivity contribution >= 4 is 45.5 Å². The van der Waals surface area contributed by atoms with E-state index in [1.165, 1.54) is 6.08 Å². The van der Waals surface area contributed by atoms with Crippen LogP contribution in [0.2, 0.25) is 5.02 Å². The third kappa shape index (κ3) is 4.39. The molecule has 1 heterocycles. The molecule has 0 radical (unpaired) electrons. The molecule has 0 amide bonds. The van der Waals surface area contributed by atoms with Gasteiger partial charge in [0.25, 0.3) is 0 Å². The summed E-state index contributed by atoms with van der Waals surface area (Å²) in [5.74, 6) is -0.552. The van der Waals surface area contributed by atoms with Gasteiger partial charge in [0.2, 0.25) is 0 Å². The van der Waals surface area contributed by atoms with Crippen LogP contribution in [0.25, 0.3) is 6.08 Å². The Morgan fingerprint density at radius 1 is 1.29 bits per heavy atom. The lowest BCUT2D eigenvalue weighted by atomic mass is 10.0. The summed E-state index contributed by atoms with van der Waals surface area (Å²) in [6.45, 7) is 3.90. The first-order valence-electron chi connectivity index (χ1n) is 7.34. The molecule has 0 spiro atoms. The van der Waals surface area contributed by atoms with Gasteiger partial charge in [0.15, 0.2) is 0 Å². The van der Waals surface area contributed by atoms with Crippen LogP contribution < -0.4 is 4.74 Å². The first-order chi connectivity index (χ1) is 11.5. The van der Waals surface area contributed by atoms with Crippen LogP contribution in [0, 0.1) is 0 Å². The van der Waals surface area contributed by atoms with E-state index in [2.05, 4.69) is 15.9 Å². The lowest BCUT2D eigenvalue weighted by Crippen LogP contribution is -2.14. The third-order valence-corrected chi connectivity index (χ3v) is 3.94. The SMILES string of the molecule is CCOC(=O)/C=C1\COc2c(Br)cc(Cl)cc2C=C1C(=O)OCC. The van der Waals surface area contributed by atoms with Crippen molar-refractivity contribution in [2.45, 2.75) is 13.8 Å². The number of rotatable bonds is 4. The highest BCUT2D eigenvalue weighted by atomic mass is 79.9. The van der Waals surface area contributed by atoms with Gasteiger partial charge in [-0.3, -0.25) is 0 Å². The zero-order chi connectivity index (χ0) is 17.7. The molecule has 1 aliphatic heterocycles. The fourth-order valence-corrected chi connectivity index (χ4v) is 3.11. The molecule has 1 aromatic carbocycles. The van der Waals surface area contributed by atoms with Gasteiger partial charge >= 0.3 is 11.9 Å².